The molecule has 0 heterocycles. The fourth-order valence-electron chi connectivity index (χ4n) is 3.23. The zero-order valence-corrected chi connectivity index (χ0v) is 19.0. The Morgan fingerprint density at radius 3 is 2.42 bits per heavy atom. The summed E-state index contributed by atoms with van der Waals surface area (Å²) >= 11 is 0. The maximum atomic E-state index is 5.99. The number of nitrogens with zero attached hydrogens (tertiary/aromatic N) is 2. The van der Waals surface area contributed by atoms with Crippen LogP contribution in [-0.2, 0) is 22.5 Å². The fraction of sp³-hybridized carbons (Fsp3) is 0.500. The minimum atomic E-state index is -0.267. The molecule has 7 heteroatoms. The van der Waals surface area contributed by atoms with Crippen molar-refractivity contribution in [1.82, 2.24) is 0 Å². The van der Waals surface area contributed by atoms with Crippen molar-refractivity contribution in [3.8, 4) is 11.5 Å². The maximum Gasteiger partial charge on any atom is 0.161 e. The lowest BCUT2D eigenvalue weighted by Crippen LogP contribution is -2.34. The van der Waals surface area contributed by atoms with Crippen molar-refractivity contribution >= 4 is 0 Å². The zero-order valence-electron chi connectivity index (χ0n) is 19.0. The lowest BCUT2D eigenvalue weighted by molar-refractivity contribution is 0.0374. The van der Waals surface area contributed by atoms with E-state index in [-0.39, 0.29) is 11.5 Å². The van der Waals surface area contributed by atoms with Gasteiger partial charge in [0.25, 0.3) is 0 Å². The number of methoxy groups -OCH3 is 2. The van der Waals surface area contributed by atoms with Crippen molar-refractivity contribution in [3.63, 3.8) is 0 Å². The van der Waals surface area contributed by atoms with Crippen molar-refractivity contribution < 1.29 is 18.9 Å². The third kappa shape index (κ3) is 8.19. The zero-order chi connectivity index (χ0) is 22.5. The normalized spacial score (nSPS) is 12.8. The standard InChI is InChI=1S/C24H35N3O4/c1-24(2,18-30-17-19-9-6-5-7-10-19)23(26-27-25)16-20-11-12-21(29-4)22(15-20)31-14-8-13-28-3/h5-7,9-12,15,23H,8,13-14,16-18H2,1-4H3,(H2,25,26). The Morgan fingerprint density at radius 1 is 0.968 bits per heavy atom. The van der Waals surface area contributed by atoms with Gasteiger partial charge < -0.3 is 24.8 Å². The molecule has 1 atom stereocenters. The van der Waals surface area contributed by atoms with E-state index in [1.54, 1.807) is 14.2 Å². The molecule has 0 aromatic heterocycles. The molecule has 31 heavy (non-hydrogen) atoms. The Morgan fingerprint density at radius 2 is 1.74 bits per heavy atom. The Labute approximate surface area is 185 Å². The summed E-state index contributed by atoms with van der Waals surface area (Å²) in [5.74, 6) is 6.83. The van der Waals surface area contributed by atoms with Gasteiger partial charge in [0, 0.05) is 25.6 Å². The van der Waals surface area contributed by atoms with Crippen molar-refractivity contribution in [2.24, 2.45) is 21.6 Å². The summed E-state index contributed by atoms with van der Waals surface area (Å²) in [5.41, 5.74) is 1.94. The van der Waals surface area contributed by atoms with Crippen LogP contribution in [0.3, 0.4) is 0 Å². The molecule has 1 unspecified atom stereocenters. The van der Waals surface area contributed by atoms with E-state index >= 15 is 0 Å². The number of rotatable bonds is 14. The molecule has 7 nitrogen and oxygen atoms in total. The Kier molecular flexibility index (Phi) is 10.3. The predicted octanol–water partition coefficient (Wildman–Crippen LogP) is 4.59. The number of hydrogen-bond acceptors (Lipinski definition) is 6. The summed E-state index contributed by atoms with van der Waals surface area (Å²) in [6, 6.07) is 15.9. The third-order valence-corrected chi connectivity index (χ3v) is 5.10. The van der Waals surface area contributed by atoms with Gasteiger partial charge in [-0.15, -0.1) is 0 Å². The molecule has 2 aromatic rings. The van der Waals surface area contributed by atoms with Gasteiger partial charge in [0.05, 0.1) is 33.0 Å². The molecule has 0 aliphatic rings. The van der Waals surface area contributed by atoms with E-state index in [1.165, 1.54) is 0 Å². The van der Waals surface area contributed by atoms with Crippen LogP contribution in [0.5, 0.6) is 11.5 Å². The van der Waals surface area contributed by atoms with E-state index in [2.05, 4.69) is 36.3 Å². The van der Waals surface area contributed by atoms with Gasteiger partial charge in [0.1, 0.15) is 0 Å². The van der Waals surface area contributed by atoms with Gasteiger partial charge in [0.2, 0.25) is 0 Å². The van der Waals surface area contributed by atoms with Crippen molar-refractivity contribution in [2.45, 2.75) is 39.3 Å². The van der Waals surface area contributed by atoms with Crippen LogP contribution in [0.15, 0.2) is 58.9 Å². The van der Waals surface area contributed by atoms with Crippen LogP contribution in [0.2, 0.25) is 0 Å². The van der Waals surface area contributed by atoms with Gasteiger partial charge in [-0.1, -0.05) is 55.5 Å². The van der Waals surface area contributed by atoms with Gasteiger partial charge in [-0.3, -0.25) is 0 Å². The summed E-state index contributed by atoms with van der Waals surface area (Å²) in [7, 11) is 3.31. The molecule has 0 saturated carbocycles. The first-order chi connectivity index (χ1) is 15.0. The van der Waals surface area contributed by atoms with Crippen LogP contribution >= 0.6 is 0 Å². The first-order valence-electron chi connectivity index (χ1n) is 10.5. The monoisotopic (exact) mass is 429 g/mol. The highest BCUT2D eigenvalue weighted by molar-refractivity contribution is 5.43. The molecule has 0 amide bonds. The average Bonchev–Trinajstić information content (AvgIpc) is 2.77. The smallest absolute Gasteiger partial charge is 0.161 e. The van der Waals surface area contributed by atoms with Crippen LogP contribution in [0.1, 0.15) is 31.4 Å². The predicted molar refractivity (Wildman–Crippen MR) is 121 cm³/mol. The van der Waals surface area contributed by atoms with Crippen LogP contribution in [-0.4, -0.2) is 40.1 Å². The molecule has 0 saturated heterocycles. The van der Waals surface area contributed by atoms with E-state index in [9.17, 15) is 0 Å². The van der Waals surface area contributed by atoms with Gasteiger partial charge in [0.15, 0.2) is 11.5 Å². The summed E-state index contributed by atoms with van der Waals surface area (Å²) in [6.07, 6.45) is 1.46. The number of ether oxygens (including phenoxy) is 4. The lowest BCUT2D eigenvalue weighted by atomic mass is 9.82. The lowest BCUT2D eigenvalue weighted by Gasteiger charge is -2.30. The molecule has 0 fully saturated rings. The molecule has 2 aromatic carbocycles. The molecule has 170 valence electrons. The molecule has 0 aliphatic heterocycles. The van der Waals surface area contributed by atoms with E-state index in [0.717, 1.165) is 17.5 Å². The van der Waals surface area contributed by atoms with Gasteiger partial charge >= 0.3 is 0 Å². The number of hydrogen-bond donors (Lipinski definition) is 1. The summed E-state index contributed by atoms with van der Waals surface area (Å²) < 4.78 is 22.4. The fourth-order valence-corrected chi connectivity index (χ4v) is 3.23. The van der Waals surface area contributed by atoms with Crippen molar-refractivity contribution in [3.05, 3.63) is 59.7 Å². The molecular weight excluding hydrogens is 394 g/mol. The summed E-state index contributed by atoms with van der Waals surface area (Å²) in [4.78, 5) is 0. The van der Waals surface area contributed by atoms with Crippen molar-refractivity contribution in [1.29, 1.82) is 0 Å². The first kappa shape index (κ1) is 24.6. The average molecular weight is 430 g/mol. The highest BCUT2D eigenvalue weighted by Gasteiger charge is 2.31. The van der Waals surface area contributed by atoms with E-state index in [4.69, 9.17) is 24.8 Å². The Bertz CT molecular complexity index is 797. The second-order valence-electron chi connectivity index (χ2n) is 8.10. The van der Waals surface area contributed by atoms with E-state index in [1.807, 2.05) is 36.4 Å². The minimum absolute atomic E-state index is 0.150. The third-order valence-electron chi connectivity index (χ3n) is 5.10. The maximum absolute atomic E-state index is 5.99. The van der Waals surface area contributed by atoms with Gasteiger partial charge in [-0.05, 0) is 29.7 Å². The largest absolute Gasteiger partial charge is 0.493 e. The number of nitrogens with two attached hydrogens (primary N) is 1. The molecule has 2 rings (SSSR count). The second kappa shape index (κ2) is 12.9. The minimum Gasteiger partial charge on any atom is -0.493 e. The van der Waals surface area contributed by atoms with Crippen LogP contribution in [0.4, 0.5) is 0 Å². The molecule has 0 aliphatic carbocycles. The number of benzene rings is 2. The Balaban J connectivity index is 2.04. The first-order valence-corrected chi connectivity index (χ1v) is 10.5. The van der Waals surface area contributed by atoms with Crippen LogP contribution in [0, 0.1) is 5.41 Å². The quantitative estimate of drug-likeness (QED) is 0.205. The molecular formula is C24H35N3O4. The highest BCUT2D eigenvalue weighted by atomic mass is 16.5. The molecule has 0 radical (unpaired) electrons. The second-order valence-corrected chi connectivity index (χ2v) is 8.10. The molecule has 0 bridgehead atoms. The highest BCUT2D eigenvalue weighted by Crippen LogP contribution is 2.32. The van der Waals surface area contributed by atoms with Crippen molar-refractivity contribution in [2.75, 3.05) is 34.0 Å². The van der Waals surface area contributed by atoms with E-state index < -0.39 is 0 Å². The van der Waals surface area contributed by atoms with Crippen LogP contribution in [0.25, 0.3) is 0 Å². The van der Waals surface area contributed by atoms with Gasteiger partial charge in [-0.25, -0.2) is 0 Å². The SMILES string of the molecule is COCCCOc1cc(CC(N=NN)C(C)(C)COCc2ccccc2)ccc1OC. The molecule has 0 spiro atoms. The summed E-state index contributed by atoms with van der Waals surface area (Å²) in [5, 5.41) is 7.90. The molecule has 2 N–H and O–H groups in total. The summed E-state index contributed by atoms with van der Waals surface area (Å²) in [6.45, 7) is 6.52. The van der Waals surface area contributed by atoms with Gasteiger partial charge in [-0.2, -0.15) is 5.11 Å². The Hall–Kier alpha value is -2.64. The van der Waals surface area contributed by atoms with E-state index in [0.29, 0.717) is 44.3 Å². The topological polar surface area (TPSA) is 87.7 Å². The van der Waals surface area contributed by atoms with Crippen LogP contribution < -0.4 is 15.3 Å².